The normalized spacial score (nSPS) is 10.2. The fraction of sp³-hybridized carbons (Fsp3) is 0.263. The molecular weight excluding hydrogens is 290 g/mol. The highest BCUT2D eigenvalue weighted by Gasteiger charge is 2.10. The molecule has 0 heterocycles. The molecule has 2 aromatic rings. The lowest BCUT2D eigenvalue weighted by Gasteiger charge is -2.08. The summed E-state index contributed by atoms with van der Waals surface area (Å²) >= 11 is 0. The summed E-state index contributed by atoms with van der Waals surface area (Å²) < 4.78 is 5.02. The molecule has 23 heavy (non-hydrogen) atoms. The maximum Gasteiger partial charge on any atom is 0.338 e. The first-order valence-electron chi connectivity index (χ1n) is 7.61. The fourth-order valence-electron chi connectivity index (χ4n) is 2.26. The lowest BCUT2D eigenvalue weighted by Crippen LogP contribution is -2.30. The van der Waals surface area contributed by atoms with Crippen molar-refractivity contribution in [3.05, 3.63) is 70.8 Å². The van der Waals surface area contributed by atoms with E-state index in [1.54, 1.807) is 18.2 Å². The molecule has 2 aromatic carbocycles. The van der Waals surface area contributed by atoms with Gasteiger partial charge in [0.05, 0.1) is 5.56 Å². The Morgan fingerprint density at radius 2 is 1.83 bits per heavy atom. The lowest BCUT2D eigenvalue weighted by molar-refractivity contribution is -0.124. The zero-order valence-corrected chi connectivity index (χ0v) is 13.5. The van der Waals surface area contributed by atoms with Crippen LogP contribution in [-0.2, 0) is 16.0 Å². The number of aryl methyl sites for hydroxylation is 2. The molecule has 120 valence electrons. The van der Waals surface area contributed by atoms with Crippen molar-refractivity contribution >= 4 is 11.9 Å². The first-order valence-corrected chi connectivity index (χ1v) is 7.61. The van der Waals surface area contributed by atoms with E-state index >= 15 is 0 Å². The van der Waals surface area contributed by atoms with Crippen molar-refractivity contribution in [1.82, 2.24) is 5.32 Å². The zero-order valence-electron chi connectivity index (χ0n) is 13.5. The monoisotopic (exact) mass is 311 g/mol. The van der Waals surface area contributed by atoms with Crippen LogP contribution in [0.4, 0.5) is 0 Å². The van der Waals surface area contributed by atoms with E-state index in [2.05, 4.69) is 5.32 Å². The fourth-order valence-corrected chi connectivity index (χ4v) is 2.26. The molecule has 0 saturated heterocycles. The van der Waals surface area contributed by atoms with Gasteiger partial charge in [0.2, 0.25) is 0 Å². The zero-order chi connectivity index (χ0) is 16.7. The Hall–Kier alpha value is -2.62. The van der Waals surface area contributed by atoms with E-state index in [1.165, 1.54) is 11.1 Å². The molecule has 0 fully saturated rings. The van der Waals surface area contributed by atoms with Gasteiger partial charge in [-0.05, 0) is 43.5 Å². The quantitative estimate of drug-likeness (QED) is 0.835. The molecule has 0 bridgehead atoms. The van der Waals surface area contributed by atoms with Gasteiger partial charge in [-0.2, -0.15) is 0 Å². The van der Waals surface area contributed by atoms with Gasteiger partial charge in [0.15, 0.2) is 6.61 Å². The van der Waals surface area contributed by atoms with Crippen molar-refractivity contribution in [2.45, 2.75) is 20.3 Å². The molecule has 4 heteroatoms. The number of amides is 1. The Labute approximate surface area is 136 Å². The first-order chi connectivity index (χ1) is 11.1. The number of carbonyl (C=O) groups excluding carboxylic acids is 2. The number of benzene rings is 2. The second-order valence-electron chi connectivity index (χ2n) is 5.47. The van der Waals surface area contributed by atoms with Gasteiger partial charge in [0.1, 0.15) is 0 Å². The molecular formula is C19H21NO3. The van der Waals surface area contributed by atoms with E-state index in [1.807, 2.05) is 44.2 Å². The molecule has 0 aliphatic rings. The van der Waals surface area contributed by atoms with Crippen LogP contribution in [0.5, 0.6) is 0 Å². The number of esters is 1. The Kier molecular flexibility index (Phi) is 5.92. The highest BCUT2D eigenvalue weighted by atomic mass is 16.5. The van der Waals surface area contributed by atoms with Gasteiger partial charge >= 0.3 is 5.97 Å². The third-order valence-corrected chi connectivity index (χ3v) is 3.57. The number of carbonyl (C=O) groups is 2. The molecule has 4 nitrogen and oxygen atoms in total. The molecule has 0 radical (unpaired) electrons. The molecule has 0 spiro atoms. The van der Waals surface area contributed by atoms with E-state index in [-0.39, 0.29) is 12.5 Å². The molecule has 0 aliphatic heterocycles. The molecule has 0 unspecified atom stereocenters. The minimum absolute atomic E-state index is 0.263. The average molecular weight is 311 g/mol. The van der Waals surface area contributed by atoms with Crippen molar-refractivity contribution in [1.29, 1.82) is 0 Å². The van der Waals surface area contributed by atoms with Crippen LogP contribution in [0.1, 0.15) is 27.0 Å². The first kappa shape index (κ1) is 16.7. The summed E-state index contributed by atoms with van der Waals surface area (Å²) in [5.41, 5.74) is 3.83. The predicted molar refractivity (Wildman–Crippen MR) is 89.4 cm³/mol. The third kappa shape index (κ3) is 5.25. The highest BCUT2D eigenvalue weighted by molar-refractivity contribution is 5.91. The maximum absolute atomic E-state index is 11.8. The van der Waals surface area contributed by atoms with E-state index in [9.17, 15) is 9.59 Å². The van der Waals surface area contributed by atoms with E-state index in [0.717, 1.165) is 12.0 Å². The molecule has 0 aromatic heterocycles. The summed E-state index contributed by atoms with van der Waals surface area (Å²) in [6.45, 7) is 4.20. The van der Waals surface area contributed by atoms with Crippen LogP contribution in [0.3, 0.4) is 0 Å². The summed E-state index contributed by atoms with van der Waals surface area (Å²) in [5.74, 6) is -0.776. The van der Waals surface area contributed by atoms with E-state index < -0.39 is 5.97 Å². The number of nitrogens with one attached hydrogen (secondary N) is 1. The standard InChI is InChI=1S/C19H21NO3/c1-14-6-5-9-17(12-14)19(22)23-13-18(21)20-11-10-16-8-4-3-7-15(16)2/h3-9,12H,10-11,13H2,1-2H3,(H,20,21). The second kappa shape index (κ2) is 8.13. The summed E-state index contributed by atoms with van der Waals surface area (Å²) in [6, 6.07) is 15.1. The molecule has 0 atom stereocenters. The van der Waals surface area contributed by atoms with Crippen LogP contribution >= 0.6 is 0 Å². The van der Waals surface area contributed by atoms with E-state index in [0.29, 0.717) is 12.1 Å². The third-order valence-electron chi connectivity index (χ3n) is 3.57. The molecule has 1 amide bonds. The Morgan fingerprint density at radius 1 is 1.04 bits per heavy atom. The van der Waals surface area contributed by atoms with Gasteiger partial charge < -0.3 is 10.1 Å². The van der Waals surface area contributed by atoms with Crippen molar-refractivity contribution < 1.29 is 14.3 Å². The number of hydrogen-bond acceptors (Lipinski definition) is 3. The van der Waals surface area contributed by atoms with Crippen molar-refractivity contribution in [2.24, 2.45) is 0 Å². The van der Waals surface area contributed by atoms with Gasteiger partial charge in [0.25, 0.3) is 5.91 Å². The minimum atomic E-state index is -0.484. The van der Waals surface area contributed by atoms with E-state index in [4.69, 9.17) is 4.74 Å². The predicted octanol–water partition coefficient (Wildman–Crippen LogP) is 2.82. The summed E-state index contributed by atoms with van der Waals surface area (Å²) in [4.78, 5) is 23.6. The Balaban J connectivity index is 1.73. The molecule has 2 rings (SSSR count). The SMILES string of the molecule is Cc1cccc(C(=O)OCC(=O)NCCc2ccccc2C)c1. The summed E-state index contributed by atoms with van der Waals surface area (Å²) in [7, 11) is 0. The topological polar surface area (TPSA) is 55.4 Å². The van der Waals surface area contributed by atoms with Crippen LogP contribution in [0.2, 0.25) is 0 Å². The van der Waals surface area contributed by atoms with Crippen LogP contribution in [0, 0.1) is 13.8 Å². The molecule has 0 saturated carbocycles. The number of rotatable bonds is 6. The molecule has 1 N–H and O–H groups in total. The average Bonchev–Trinajstić information content (AvgIpc) is 2.54. The van der Waals surface area contributed by atoms with Gasteiger partial charge in [-0.25, -0.2) is 4.79 Å². The van der Waals surface area contributed by atoms with Gasteiger partial charge in [-0.15, -0.1) is 0 Å². The number of hydrogen-bond donors (Lipinski definition) is 1. The summed E-state index contributed by atoms with van der Waals surface area (Å²) in [5, 5.41) is 2.76. The van der Waals surface area contributed by atoms with Gasteiger partial charge in [-0.3, -0.25) is 4.79 Å². The Morgan fingerprint density at radius 3 is 2.57 bits per heavy atom. The van der Waals surface area contributed by atoms with Gasteiger partial charge in [0, 0.05) is 6.54 Å². The Bertz CT molecular complexity index is 695. The maximum atomic E-state index is 11.8. The smallest absolute Gasteiger partial charge is 0.338 e. The second-order valence-corrected chi connectivity index (χ2v) is 5.47. The number of ether oxygens (including phenoxy) is 1. The van der Waals surface area contributed by atoms with Gasteiger partial charge in [-0.1, -0.05) is 42.0 Å². The summed E-state index contributed by atoms with van der Waals surface area (Å²) in [6.07, 6.45) is 0.754. The minimum Gasteiger partial charge on any atom is -0.452 e. The molecule has 0 aliphatic carbocycles. The lowest BCUT2D eigenvalue weighted by atomic mass is 10.1. The van der Waals surface area contributed by atoms with Crippen LogP contribution in [-0.4, -0.2) is 25.0 Å². The van der Waals surface area contributed by atoms with Crippen LogP contribution in [0.15, 0.2) is 48.5 Å². The largest absolute Gasteiger partial charge is 0.452 e. The van der Waals surface area contributed by atoms with Crippen molar-refractivity contribution in [3.63, 3.8) is 0 Å². The van der Waals surface area contributed by atoms with Crippen molar-refractivity contribution in [3.8, 4) is 0 Å². The van der Waals surface area contributed by atoms with Crippen LogP contribution in [0.25, 0.3) is 0 Å². The van der Waals surface area contributed by atoms with Crippen LogP contribution < -0.4 is 5.32 Å². The highest BCUT2D eigenvalue weighted by Crippen LogP contribution is 2.07. The van der Waals surface area contributed by atoms with Crippen molar-refractivity contribution in [2.75, 3.05) is 13.2 Å².